The summed E-state index contributed by atoms with van der Waals surface area (Å²) >= 11 is 1.29. The van der Waals surface area contributed by atoms with Crippen LogP contribution >= 0.6 is 11.3 Å². The molecule has 174 valence electrons. The first-order valence-corrected chi connectivity index (χ1v) is 11.8. The summed E-state index contributed by atoms with van der Waals surface area (Å²) in [6.07, 6.45) is 5.18. The molecule has 0 fully saturated rings. The number of amides is 1. The highest BCUT2D eigenvalue weighted by molar-refractivity contribution is 7.07. The van der Waals surface area contributed by atoms with Gasteiger partial charge in [-0.3, -0.25) is 19.1 Å². The molecule has 0 spiro atoms. The number of allylic oxidation sites excluding steroid dienone is 1. The summed E-state index contributed by atoms with van der Waals surface area (Å²) in [6, 6.07) is 19.7. The van der Waals surface area contributed by atoms with Crippen molar-refractivity contribution in [2.75, 3.05) is 12.4 Å². The lowest BCUT2D eigenvalue weighted by molar-refractivity contribution is -0.113. The summed E-state index contributed by atoms with van der Waals surface area (Å²) < 4.78 is 7.43. The van der Waals surface area contributed by atoms with Crippen molar-refractivity contribution < 1.29 is 9.53 Å². The van der Waals surface area contributed by atoms with Crippen molar-refractivity contribution in [1.29, 1.82) is 0 Å². The summed E-state index contributed by atoms with van der Waals surface area (Å²) in [5.41, 5.74) is 3.04. The van der Waals surface area contributed by atoms with E-state index in [4.69, 9.17) is 4.74 Å². The number of carbonyl (C=O) groups is 1. The minimum atomic E-state index is -0.642. The molecule has 0 saturated heterocycles. The van der Waals surface area contributed by atoms with E-state index in [0.29, 0.717) is 32.0 Å². The standard InChI is InChI=1S/C27H22N4O3S/c1-17-23(25(32)30-20-8-4-3-5-9-20)24(19-10-12-21(34-2)13-11-19)31-26(33)22(35-27(31)29-17)15-18-7-6-14-28-16-18/h3-16,24H,1-2H3,(H,30,32)/b22-15-. The van der Waals surface area contributed by atoms with Crippen LogP contribution in [0.1, 0.15) is 24.1 Å². The fourth-order valence-corrected chi connectivity index (χ4v) is 5.09. The average Bonchev–Trinajstić information content (AvgIpc) is 3.18. The number of thiazole rings is 1. The number of para-hydroxylation sites is 1. The number of ether oxygens (including phenoxy) is 1. The van der Waals surface area contributed by atoms with Crippen LogP contribution in [0.2, 0.25) is 0 Å². The minimum Gasteiger partial charge on any atom is -0.497 e. The summed E-state index contributed by atoms with van der Waals surface area (Å²) in [5, 5.41) is 2.95. The number of rotatable bonds is 5. The van der Waals surface area contributed by atoms with Gasteiger partial charge in [-0.2, -0.15) is 0 Å². The predicted octanol–water partition coefficient (Wildman–Crippen LogP) is 3.28. The first-order chi connectivity index (χ1) is 17.0. The molecule has 0 aliphatic carbocycles. The number of nitrogens with zero attached hydrogens (tertiary/aromatic N) is 3. The van der Waals surface area contributed by atoms with E-state index in [1.807, 2.05) is 66.7 Å². The van der Waals surface area contributed by atoms with Crippen molar-refractivity contribution in [2.45, 2.75) is 13.0 Å². The normalized spacial score (nSPS) is 15.4. The van der Waals surface area contributed by atoms with Gasteiger partial charge in [-0.25, -0.2) is 4.99 Å². The molecule has 1 amide bonds. The van der Waals surface area contributed by atoms with Crippen LogP contribution in [0, 0.1) is 0 Å². The van der Waals surface area contributed by atoms with Gasteiger partial charge in [0.25, 0.3) is 11.5 Å². The number of hydrogen-bond donors (Lipinski definition) is 1. The van der Waals surface area contributed by atoms with Crippen molar-refractivity contribution in [3.8, 4) is 5.75 Å². The maximum atomic E-state index is 13.6. The number of carbonyl (C=O) groups excluding carboxylic acids is 1. The van der Waals surface area contributed by atoms with Gasteiger partial charge in [0, 0.05) is 18.1 Å². The molecule has 2 aromatic carbocycles. The van der Waals surface area contributed by atoms with Crippen LogP contribution in [-0.2, 0) is 4.79 Å². The van der Waals surface area contributed by atoms with Gasteiger partial charge in [0.2, 0.25) is 0 Å². The molecule has 4 aromatic rings. The van der Waals surface area contributed by atoms with E-state index < -0.39 is 6.04 Å². The Labute approximate surface area is 205 Å². The number of aromatic nitrogens is 2. The topological polar surface area (TPSA) is 85.6 Å². The Morgan fingerprint density at radius 1 is 1.09 bits per heavy atom. The van der Waals surface area contributed by atoms with Gasteiger partial charge >= 0.3 is 0 Å². The first-order valence-electron chi connectivity index (χ1n) is 11.0. The molecule has 1 N–H and O–H groups in total. The van der Waals surface area contributed by atoms with Crippen LogP contribution in [-0.4, -0.2) is 22.6 Å². The molecule has 2 aromatic heterocycles. The van der Waals surface area contributed by atoms with Gasteiger partial charge in [-0.05, 0) is 54.5 Å². The highest BCUT2D eigenvalue weighted by Gasteiger charge is 2.32. The van der Waals surface area contributed by atoms with Gasteiger partial charge in [0.15, 0.2) is 4.80 Å². The quantitative estimate of drug-likeness (QED) is 0.473. The molecular weight excluding hydrogens is 460 g/mol. The second kappa shape index (κ2) is 9.52. The van der Waals surface area contributed by atoms with Crippen LogP contribution in [0.4, 0.5) is 5.69 Å². The fraction of sp³-hybridized carbons (Fsp3) is 0.111. The lowest BCUT2D eigenvalue weighted by atomic mass is 9.95. The van der Waals surface area contributed by atoms with Crippen molar-refractivity contribution in [3.63, 3.8) is 0 Å². The number of methoxy groups -OCH3 is 1. The van der Waals surface area contributed by atoms with E-state index >= 15 is 0 Å². The molecule has 1 atom stereocenters. The largest absolute Gasteiger partial charge is 0.497 e. The van der Waals surface area contributed by atoms with Crippen LogP contribution in [0.5, 0.6) is 5.75 Å². The van der Waals surface area contributed by atoms with Gasteiger partial charge in [-0.15, -0.1) is 0 Å². The Morgan fingerprint density at radius 2 is 1.86 bits per heavy atom. The van der Waals surface area contributed by atoms with E-state index in [0.717, 1.165) is 11.1 Å². The van der Waals surface area contributed by atoms with Crippen LogP contribution < -0.4 is 24.9 Å². The number of hydrogen-bond acceptors (Lipinski definition) is 6. The summed E-state index contributed by atoms with van der Waals surface area (Å²) in [7, 11) is 1.60. The SMILES string of the molecule is COc1ccc(C2C(C(=O)Nc3ccccc3)=C(C)N=c3s/c(=C\c4cccnc4)c(=O)n32)cc1. The summed E-state index contributed by atoms with van der Waals surface area (Å²) in [4.78, 5) is 36.5. The zero-order valence-electron chi connectivity index (χ0n) is 19.1. The molecule has 8 heteroatoms. The molecule has 35 heavy (non-hydrogen) atoms. The molecule has 7 nitrogen and oxygen atoms in total. The molecule has 1 aliphatic heterocycles. The second-order valence-corrected chi connectivity index (χ2v) is 8.97. The highest BCUT2D eigenvalue weighted by atomic mass is 32.1. The molecular formula is C27H22N4O3S. The molecule has 3 heterocycles. The van der Waals surface area contributed by atoms with Crippen molar-refractivity contribution >= 4 is 29.0 Å². The predicted molar refractivity (Wildman–Crippen MR) is 136 cm³/mol. The Kier molecular flexibility index (Phi) is 6.12. The van der Waals surface area contributed by atoms with Crippen molar-refractivity contribution in [2.24, 2.45) is 4.99 Å². The average molecular weight is 483 g/mol. The molecule has 0 bridgehead atoms. The Balaban J connectivity index is 1.67. The van der Waals surface area contributed by atoms with E-state index in [9.17, 15) is 9.59 Å². The fourth-order valence-electron chi connectivity index (χ4n) is 4.05. The minimum absolute atomic E-state index is 0.212. The van der Waals surface area contributed by atoms with E-state index in [1.54, 1.807) is 37.1 Å². The highest BCUT2D eigenvalue weighted by Crippen LogP contribution is 2.31. The third-order valence-electron chi connectivity index (χ3n) is 5.71. The Hall–Kier alpha value is -4.30. The van der Waals surface area contributed by atoms with E-state index in [2.05, 4.69) is 15.3 Å². The van der Waals surface area contributed by atoms with Gasteiger partial charge in [-0.1, -0.05) is 47.7 Å². The second-order valence-electron chi connectivity index (χ2n) is 7.96. The lowest BCUT2D eigenvalue weighted by Crippen LogP contribution is -2.40. The van der Waals surface area contributed by atoms with Gasteiger partial charge in [0.1, 0.15) is 5.75 Å². The summed E-state index contributed by atoms with van der Waals surface area (Å²) in [5.74, 6) is 0.383. The van der Waals surface area contributed by atoms with E-state index in [1.165, 1.54) is 11.3 Å². The number of fused-ring (bicyclic) bond motifs is 1. The number of anilines is 1. The maximum Gasteiger partial charge on any atom is 0.271 e. The Bertz CT molecular complexity index is 1590. The zero-order valence-corrected chi connectivity index (χ0v) is 20.0. The number of pyridine rings is 1. The number of nitrogens with one attached hydrogen (secondary N) is 1. The van der Waals surface area contributed by atoms with Crippen LogP contribution in [0.15, 0.2) is 100 Å². The van der Waals surface area contributed by atoms with Gasteiger partial charge < -0.3 is 10.1 Å². The smallest absolute Gasteiger partial charge is 0.271 e. The molecule has 5 rings (SSSR count). The third-order valence-corrected chi connectivity index (χ3v) is 6.69. The summed E-state index contributed by atoms with van der Waals surface area (Å²) in [6.45, 7) is 1.80. The molecule has 0 radical (unpaired) electrons. The monoisotopic (exact) mass is 482 g/mol. The van der Waals surface area contributed by atoms with Crippen LogP contribution in [0.25, 0.3) is 6.08 Å². The van der Waals surface area contributed by atoms with Gasteiger partial charge in [0.05, 0.1) is 29.0 Å². The lowest BCUT2D eigenvalue weighted by Gasteiger charge is -2.25. The zero-order chi connectivity index (χ0) is 24.4. The van der Waals surface area contributed by atoms with Crippen LogP contribution in [0.3, 0.4) is 0 Å². The number of benzene rings is 2. The Morgan fingerprint density at radius 3 is 2.54 bits per heavy atom. The van der Waals surface area contributed by atoms with E-state index in [-0.39, 0.29) is 11.5 Å². The third kappa shape index (κ3) is 4.43. The van der Waals surface area contributed by atoms with Crippen molar-refractivity contribution in [3.05, 3.63) is 121 Å². The van der Waals surface area contributed by atoms with Crippen molar-refractivity contribution in [1.82, 2.24) is 9.55 Å². The molecule has 0 saturated carbocycles. The first kappa shape index (κ1) is 22.5. The molecule has 1 aliphatic rings. The maximum absolute atomic E-state index is 13.6. The molecule has 1 unspecified atom stereocenters.